The van der Waals surface area contributed by atoms with E-state index in [4.69, 9.17) is 18.6 Å². The highest BCUT2D eigenvalue weighted by molar-refractivity contribution is 6.04. The van der Waals surface area contributed by atoms with Crippen LogP contribution in [-0.2, 0) is 17.3 Å². The summed E-state index contributed by atoms with van der Waals surface area (Å²) in [4.78, 5) is 13.0. The summed E-state index contributed by atoms with van der Waals surface area (Å²) in [5, 5.41) is 2.85. The van der Waals surface area contributed by atoms with Crippen LogP contribution in [0.3, 0.4) is 0 Å². The Hall–Kier alpha value is -3.41. The lowest BCUT2D eigenvalue weighted by Gasteiger charge is -2.22. The lowest BCUT2D eigenvalue weighted by Crippen LogP contribution is -2.18. The minimum atomic E-state index is -0.383. The van der Waals surface area contributed by atoms with Crippen LogP contribution >= 0.6 is 0 Å². The molecule has 1 heterocycles. The quantitative estimate of drug-likeness (QED) is 0.425. The molecule has 1 amide bonds. The van der Waals surface area contributed by atoms with E-state index in [-0.39, 0.29) is 22.5 Å². The van der Waals surface area contributed by atoms with Crippen molar-refractivity contribution >= 4 is 11.6 Å². The minimum Gasteiger partial charge on any atom is -0.496 e. The number of amides is 1. The number of hydrogen-bond donors (Lipinski definition) is 1. The second-order valence-corrected chi connectivity index (χ2v) is 10.6. The van der Waals surface area contributed by atoms with Gasteiger partial charge in [0.2, 0.25) is 0 Å². The maximum Gasteiger partial charge on any atom is 0.291 e. The van der Waals surface area contributed by atoms with Crippen molar-refractivity contribution in [3.8, 4) is 17.2 Å². The Balaban J connectivity index is 1.57. The van der Waals surface area contributed by atoms with Crippen molar-refractivity contribution in [2.24, 2.45) is 0 Å². The molecule has 6 nitrogen and oxygen atoms in total. The molecule has 3 aromatic rings. The molecular formula is C29H35NO5. The minimum absolute atomic E-state index is 0.131. The van der Waals surface area contributed by atoms with Crippen molar-refractivity contribution in [3.63, 3.8) is 0 Å². The van der Waals surface area contributed by atoms with Crippen molar-refractivity contribution in [2.75, 3.05) is 26.6 Å². The summed E-state index contributed by atoms with van der Waals surface area (Å²) >= 11 is 0. The molecule has 0 saturated heterocycles. The van der Waals surface area contributed by atoms with Crippen LogP contribution in [0.4, 0.5) is 5.69 Å². The average Bonchev–Trinajstić information content (AvgIpc) is 3.34. The number of methoxy groups -OCH3 is 3. The van der Waals surface area contributed by atoms with Crippen LogP contribution in [0.2, 0.25) is 0 Å². The number of aryl methyl sites for hydroxylation is 1. The third kappa shape index (κ3) is 4.62. The Morgan fingerprint density at radius 1 is 0.914 bits per heavy atom. The Bertz CT molecular complexity index is 1240. The topological polar surface area (TPSA) is 69.9 Å². The van der Waals surface area contributed by atoms with Gasteiger partial charge >= 0.3 is 0 Å². The standard InChI is InChI=1S/C29H35NO5/c1-17-11-21-22(29(4,5)16-28(21,2)3)13-18(17)12-19-9-10-23(35-19)27(31)30-26-24(33-7)14-20(32-6)15-25(26)34-8/h9-11,13-15H,12,16H2,1-8H3,(H,30,31). The van der Waals surface area contributed by atoms with E-state index in [0.717, 1.165) is 12.2 Å². The largest absolute Gasteiger partial charge is 0.496 e. The Morgan fingerprint density at radius 3 is 2.09 bits per heavy atom. The van der Waals surface area contributed by atoms with Gasteiger partial charge in [0.1, 0.15) is 28.7 Å². The second-order valence-electron chi connectivity index (χ2n) is 10.6. The first-order chi connectivity index (χ1) is 16.5. The van der Waals surface area contributed by atoms with Gasteiger partial charge in [-0.05, 0) is 58.6 Å². The predicted octanol–water partition coefficient (Wildman–Crippen LogP) is 6.42. The second kappa shape index (κ2) is 8.99. The van der Waals surface area contributed by atoms with E-state index in [1.54, 1.807) is 25.3 Å². The molecule has 0 spiro atoms. The summed E-state index contributed by atoms with van der Waals surface area (Å²) in [6.07, 6.45) is 1.75. The van der Waals surface area contributed by atoms with Crippen LogP contribution in [-0.4, -0.2) is 27.2 Å². The van der Waals surface area contributed by atoms with E-state index in [1.807, 2.05) is 6.07 Å². The van der Waals surface area contributed by atoms with E-state index in [2.05, 4.69) is 52.1 Å². The third-order valence-electron chi connectivity index (χ3n) is 7.02. The Kier molecular flexibility index (Phi) is 6.34. The van der Waals surface area contributed by atoms with Crippen LogP contribution in [0.25, 0.3) is 0 Å². The molecule has 0 unspecified atom stereocenters. The van der Waals surface area contributed by atoms with Crippen molar-refractivity contribution in [1.29, 1.82) is 0 Å². The first-order valence-corrected chi connectivity index (χ1v) is 11.8. The Labute approximate surface area is 207 Å². The highest BCUT2D eigenvalue weighted by atomic mass is 16.5. The highest BCUT2D eigenvalue weighted by Crippen LogP contribution is 2.50. The molecule has 2 aromatic carbocycles. The van der Waals surface area contributed by atoms with Gasteiger partial charge in [-0.3, -0.25) is 4.79 Å². The number of fused-ring (bicyclic) bond motifs is 1. The summed E-state index contributed by atoms with van der Waals surface area (Å²) in [5.74, 6) is 2.00. The number of benzene rings is 2. The first kappa shape index (κ1) is 24.7. The zero-order chi connectivity index (χ0) is 25.5. The molecule has 0 aliphatic heterocycles. The van der Waals surface area contributed by atoms with Crippen molar-refractivity contribution in [1.82, 2.24) is 0 Å². The van der Waals surface area contributed by atoms with Crippen LogP contribution in [0.15, 0.2) is 40.8 Å². The maximum atomic E-state index is 13.0. The molecular weight excluding hydrogens is 442 g/mol. The number of furan rings is 1. The van der Waals surface area contributed by atoms with Crippen LogP contribution in [0.5, 0.6) is 17.2 Å². The van der Waals surface area contributed by atoms with Crippen LogP contribution < -0.4 is 19.5 Å². The van der Waals surface area contributed by atoms with E-state index >= 15 is 0 Å². The van der Waals surface area contributed by atoms with Gasteiger partial charge in [0.15, 0.2) is 5.76 Å². The molecule has 0 fully saturated rings. The summed E-state index contributed by atoms with van der Waals surface area (Å²) in [6, 6.07) is 11.6. The maximum absolute atomic E-state index is 13.0. The number of rotatable bonds is 7. The summed E-state index contributed by atoms with van der Waals surface area (Å²) in [6.45, 7) is 11.4. The van der Waals surface area contributed by atoms with Gasteiger partial charge in [0, 0.05) is 18.6 Å². The van der Waals surface area contributed by atoms with Gasteiger partial charge in [0.25, 0.3) is 5.91 Å². The van der Waals surface area contributed by atoms with Crippen molar-refractivity contribution in [2.45, 2.75) is 58.3 Å². The number of carbonyl (C=O) groups excluding carboxylic acids is 1. The average molecular weight is 478 g/mol. The molecule has 0 radical (unpaired) electrons. The zero-order valence-electron chi connectivity index (χ0n) is 21.9. The van der Waals surface area contributed by atoms with Crippen LogP contribution in [0.1, 0.15) is 72.7 Å². The summed E-state index contributed by atoms with van der Waals surface area (Å²) in [5.41, 5.74) is 6.02. The van der Waals surface area contributed by atoms with Gasteiger partial charge in [-0.1, -0.05) is 39.8 Å². The number of hydrogen-bond acceptors (Lipinski definition) is 5. The number of nitrogens with one attached hydrogen (secondary N) is 1. The van der Waals surface area contributed by atoms with Gasteiger partial charge in [-0.15, -0.1) is 0 Å². The monoisotopic (exact) mass is 477 g/mol. The lowest BCUT2D eigenvalue weighted by molar-refractivity contribution is 0.0994. The normalized spacial score (nSPS) is 15.4. The van der Waals surface area contributed by atoms with E-state index < -0.39 is 0 Å². The molecule has 6 heteroatoms. The van der Waals surface area contributed by atoms with Crippen LogP contribution in [0, 0.1) is 6.92 Å². The van der Waals surface area contributed by atoms with Crippen molar-refractivity contribution < 1.29 is 23.4 Å². The predicted molar refractivity (Wildman–Crippen MR) is 137 cm³/mol. The molecule has 1 aliphatic rings. The molecule has 1 aliphatic carbocycles. The Morgan fingerprint density at radius 2 is 1.51 bits per heavy atom. The van der Waals surface area contributed by atoms with Crippen molar-refractivity contribution in [3.05, 3.63) is 70.2 Å². The number of ether oxygens (including phenoxy) is 3. The third-order valence-corrected chi connectivity index (χ3v) is 7.02. The molecule has 4 rings (SSSR count). The highest BCUT2D eigenvalue weighted by Gasteiger charge is 2.42. The smallest absolute Gasteiger partial charge is 0.291 e. The molecule has 186 valence electrons. The fourth-order valence-corrected chi connectivity index (χ4v) is 5.45. The zero-order valence-corrected chi connectivity index (χ0v) is 21.9. The first-order valence-electron chi connectivity index (χ1n) is 11.8. The van der Waals surface area contributed by atoms with Gasteiger partial charge < -0.3 is 23.9 Å². The molecule has 0 bridgehead atoms. The van der Waals surface area contributed by atoms with Gasteiger partial charge in [0.05, 0.1) is 21.3 Å². The van der Waals surface area contributed by atoms with E-state index in [0.29, 0.717) is 29.4 Å². The molecule has 1 N–H and O–H groups in total. The molecule has 0 saturated carbocycles. The van der Waals surface area contributed by atoms with E-state index in [9.17, 15) is 4.79 Å². The molecule has 35 heavy (non-hydrogen) atoms. The van der Waals surface area contributed by atoms with Gasteiger partial charge in [-0.2, -0.15) is 0 Å². The number of anilines is 1. The summed E-state index contributed by atoms with van der Waals surface area (Å²) in [7, 11) is 4.61. The summed E-state index contributed by atoms with van der Waals surface area (Å²) < 4.78 is 22.1. The van der Waals surface area contributed by atoms with E-state index in [1.165, 1.54) is 36.5 Å². The lowest BCUT2D eigenvalue weighted by atomic mass is 9.82. The molecule has 1 aromatic heterocycles. The molecule has 0 atom stereocenters. The number of carbonyl (C=O) groups is 1. The fraction of sp³-hybridized carbons (Fsp3) is 0.414. The fourth-order valence-electron chi connectivity index (χ4n) is 5.45. The van der Waals surface area contributed by atoms with Gasteiger partial charge in [-0.25, -0.2) is 0 Å². The SMILES string of the molecule is COc1cc(OC)c(NC(=O)c2ccc(Cc3cc4c(cc3C)C(C)(C)CC4(C)C)o2)c(OC)c1.